The normalized spacial score (nSPS) is 64.8. The highest BCUT2D eigenvalue weighted by Gasteiger charge is 2.87. The molecule has 13 atom stereocenters. The van der Waals surface area contributed by atoms with Crippen molar-refractivity contribution in [2.45, 2.75) is 123 Å². The van der Waals surface area contributed by atoms with Crippen LogP contribution in [0.5, 0.6) is 0 Å². The fourth-order valence-electron chi connectivity index (χ4n) is 12.5. The number of fused-ring (bicyclic) bond motifs is 4. The molecule has 0 unspecified atom stereocenters. The van der Waals surface area contributed by atoms with Gasteiger partial charge in [-0.1, -0.05) is 41.2 Å². The van der Waals surface area contributed by atoms with Crippen molar-refractivity contribution in [1.82, 2.24) is 0 Å². The van der Waals surface area contributed by atoms with Crippen LogP contribution in [0.25, 0.3) is 0 Å². The molecule has 2 saturated heterocycles. The maximum absolute atomic E-state index is 12.4. The van der Waals surface area contributed by atoms with E-state index in [0.29, 0.717) is 28.6 Å². The molecule has 4 nitrogen and oxygen atoms in total. The van der Waals surface area contributed by atoms with E-state index in [1.165, 1.54) is 25.7 Å². The summed E-state index contributed by atoms with van der Waals surface area (Å²) in [4.78, 5) is 0. The average molecular weight is 471 g/mol. The lowest BCUT2D eigenvalue weighted by Gasteiger charge is -2.63. The first-order valence-electron chi connectivity index (χ1n) is 14.2. The number of hydrogen-bond acceptors (Lipinski definition) is 4. The lowest BCUT2D eigenvalue weighted by molar-refractivity contribution is -0.277. The SMILES string of the molecule is C=C(C)[C@H]1O[C@@]23O[C@H]1C[C@@H](C)[C@@H]2[C@@]1(C)CC[C@@]24C[C@@]25CC[C@H](O)C(C)(C)[C@@H]5CC[C@H]4[C@]1(C)[C@H]3O. The molecule has 0 aromatic carbocycles. The summed E-state index contributed by atoms with van der Waals surface area (Å²) in [5.41, 5.74) is 1.47. The zero-order chi connectivity index (χ0) is 24.3. The Labute approximate surface area is 205 Å². The van der Waals surface area contributed by atoms with Gasteiger partial charge in [0, 0.05) is 11.3 Å². The molecular weight excluding hydrogens is 424 g/mol. The molecule has 7 fully saturated rings. The van der Waals surface area contributed by atoms with Crippen molar-refractivity contribution in [1.29, 1.82) is 0 Å². The molecular formula is C30H46O4. The molecule has 2 bridgehead atoms. The molecule has 0 aromatic heterocycles. The first-order valence-corrected chi connectivity index (χ1v) is 14.2. The van der Waals surface area contributed by atoms with Crippen LogP contribution in [0.4, 0.5) is 0 Å². The summed E-state index contributed by atoms with van der Waals surface area (Å²) in [5, 5.41) is 23.3. The molecule has 0 radical (unpaired) electrons. The van der Waals surface area contributed by atoms with Crippen molar-refractivity contribution in [3.05, 3.63) is 12.2 Å². The molecule has 7 aliphatic rings. The first-order chi connectivity index (χ1) is 15.8. The standard InChI is InChI=1S/C30H46O4/c1-16(2)22-18-14-17(3)23-26(6)12-13-29-15-28(29)11-10-21(31)25(4,5)19(28)8-9-20(29)27(26,7)24(32)30(23,33-18)34-22/h17-24,31-32H,1,8-15H2,2-7H3/t17-,18+,19+,20+,21+,22-,23-,24-,26-,27-,28-,29+,30+/m1/s1. The van der Waals surface area contributed by atoms with Crippen LogP contribution < -0.4 is 0 Å². The number of aliphatic hydroxyl groups excluding tert-OH is 2. The molecule has 7 rings (SSSR count). The van der Waals surface area contributed by atoms with Gasteiger partial charge in [0.25, 0.3) is 0 Å². The molecule has 34 heavy (non-hydrogen) atoms. The molecule has 0 aromatic rings. The second-order valence-corrected chi connectivity index (χ2v) is 15.1. The summed E-state index contributed by atoms with van der Waals surface area (Å²) in [7, 11) is 0. The van der Waals surface area contributed by atoms with E-state index in [4.69, 9.17) is 9.47 Å². The second-order valence-electron chi connectivity index (χ2n) is 15.1. The minimum atomic E-state index is -0.887. The third-order valence-corrected chi connectivity index (χ3v) is 14.0. The molecule has 0 amide bonds. The number of hydrogen-bond donors (Lipinski definition) is 2. The van der Waals surface area contributed by atoms with Crippen molar-refractivity contribution >= 4 is 0 Å². The van der Waals surface area contributed by atoms with E-state index in [0.717, 1.165) is 31.3 Å². The van der Waals surface area contributed by atoms with Gasteiger partial charge in [-0.2, -0.15) is 0 Å². The lowest BCUT2D eigenvalue weighted by Crippen LogP contribution is -2.60. The Morgan fingerprint density at radius 3 is 2.29 bits per heavy atom. The summed E-state index contributed by atoms with van der Waals surface area (Å²) in [6.07, 6.45) is 8.29. The third-order valence-electron chi connectivity index (χ3n) is 14.0. The van der Waals surface area contributed by atoms with Crippen molar-refractivity contribution in [3.63, 3.8) is 0 Å². The summed E-state index contributed by atoms with van der Waals surface area (Å²) >= 11 is 0. The highest BCUT2D eigenvalue weighted by molar-refractivity contribution is 5.34. The van der Waals surface area contributed by atoms with Gasteiger partial charge >= 0.3 is 0 Å². The fourth-order valence-corrected chi connectivity index (χ4v) is 12.5. The topological polar surface area (TPSA) is 58.9 Å². The first kappa shape index (κ1) is 22.8. The van der Waals surface area contributed by atoms with E-state index in [9.17, 15) is 10.2 Å². The zero-order valence-corrected chi connectivity index (χ0v) is 22.2. The summed E-state index contributed by atoms with van der Waals surface area (Å²) in [6.45, 7) is 18.2. The molecule has 5 saturated carbocycles. The van der Waals surface area contributed by atoms with Crippen LogP contribution in [-0.2, 0) is 9.47 Å². The fraction of sp³-hybridized carbons (Fsp3) is 0.933. The van der Waals surface area contributed by atoms with Crippen LogP contribution in [-0.4, -0.2) is 40.4 Å². The van der Waals surface area contributed by atoms with Gasteiger partial charge in [-0.25, -0.2) is 0 Å². The van der Waals surface area contributed by atoms with Crippen molar-refractivity contribution in [3.8, 4) is 0 Å². The van der Waals surface area contributed by atoms with Gasteiger partial charge in [0.1, 0.15) is 12.2 Å². The van der Waals surface area contributed by atoms with E-state index < -0.39 is 11.9 Å². The highest BCUT2D eigenvalue weighted by Crippen LogP contribution is 2.90. The number of aliphatic hydroxyl groups is 2. The molecule has 2 N–H and O–H groups in total. The predicted molar refractivity (Wildman–Crippen MR) is 131 cm³/mol. The van der Waals surface area contributed by atoms with E-state index in [-0.39, 0.29) is 40.5 Å². The predicted octanol–water partition coefficient (Wildman–Crippen LogP) is 5.46. The van der Waals surface area contributed by atoms with Gasteiger partial charge in [-0.3, -0.25) is 0 Å². The van der Waals surface area contributed by atoms with E-state index in [2.05, 4.69) is 41.2 Å². The average Bonchev–Trinajstić information content (AvgIpc) is 3.29. The second kappa shape index (κ2) is 6.17. The minimum absolute atomic E-state index is 0.00298. The quantitative estimate of drug-likeness (QED) is 0.500. The molecule has 2 aliphatic heterocycles. The number of rotatable bonds is 1. The number of ether oxygens (including phenoxy) is 2. The monoisotopic (exact) mass is 470 g/mol. The van der Waals surface area contributed by atoms with Crippen molar-refractivity contribution in [2.24, 2.45) is 50.7 Å². The summed E-state index contributed by atoms with van der Waals surface area (Å²) in [5.74, 6) is 0.892. The van der Waals surface area contributed by atoms with E-state index >= 15 is 0 Å². The lowest BCUT2D eigenvalue weighted by atomic mass is 9.41. The van der Waals surface area contributed by atoms with Crippen molar-refractivity contribution < 1.29 is 19.7 Å². The van der Waals surface area contributed by atoms with Gasteiger partial charge in [0.15, 0.2) is 5.79 Å². The maximum atomic E-state index is 12.4. The Balaban J connectivity index is 1.33. The zero-order valence-electron chi connectivity index (χ0n) is 22.2. The van der Waals surface area contributed by atoms with Crippen molar-refractivity contribution in [2.75, 3.05) is 0 Å². The van der Waals surface area contributed by atoms with E-state index in [1.807, 2.05) is 6.92 Å². The molecule has 3 spiro atoms. The summed E-state index contributed by atoms with van der Waals surface area (Å²) in [6, 6.07) is 0. The van der Waals surface area contributed by atoms with Crippen LogP contribution >= 0.6 is 0 Å². The Hall–Kier alpha value is -0.420. The van der Waals surface area contributed by atoms with Crippen LogP contribution in [0, 0.1) is 50.7 Å². The molecule has 5 aliphatic carbocycles. The third kappa shape index (κ3) is 2.07. The Morgan fingerprint density at radius 2 is 1.59 bits per heavy atom. The Morgan fingerprint density at radius 1 is 0.912 bits per heavy atom. The van der Waals surface area contributed by atoms with Crippen LogP contribution in [0.2, 0.25) is 0 Å². The maximum Gasteiger partial charge on any atom is 0.199 e. The Kier molecular flexibility index (Phi) is 4.13. The van der Waals surface area contributed by atoms with E-state index in [1.54, 1.807) is 0 Å². The van der Waals surface area contributed by atoms with Gasteiger partial charge < -0.3 is 19.7 Å². The van der Waals surface area contributed by atoms with Crippen LogP contribution in [0.3, 0.4) is 0 Å². The van der Waals surface area contributed by atoms with Crippen LogP contribution in [0.15, 0.2) is 12.2 Å². The molecule has 4 heteroatoms. The minimum Gasteiger partial charge on any atom is -0.393 e. The van der Waals surface area contributed by atoms with Gasteiger partial charge in [0.05, 0.1) is 12.2 Å². The summed E-state index contributed by atoms with van der Waals surface area (Å²) < 4.78 is 13.6. The van der Waals surface area contributed by atoms with Gasteiger partial charge in [-0.05, 0) is 103 Å². The Bertz CT molecular complexity index is 959. The molecule has 190 valence electrons. The highest BCUT2D eigenvalue weighted by atomic mass is 16.8. The largest absolute Gasteiger partial charge is 0.393 e. The molecule has 2 heterocycles. The smallest absolute Gasteiger partial charge is 0.199 e. The van der Waals surface area contributed by atoms with Gasteiger partial charge in [0.2, 0.25) is 0 Å². The van der Waals surface area contributed by atoms with Gasteiger partial charge in [-0.15, -0.1) is 0 Å². The van der Waals surface area contributed by atoms with Crippen LogP contribution in [0.1, 0.15) is 92.9 Å².